The molecule has 0 saturated carbocycles. The van der Waals surface area contributed by atoms with E-state index in [0.29, 0.717) is 5.75 Å². The third-order valence-corrected chi connectivity index (χ3v) is 4.21. The van der Waals surface area contributed by atoms with Crippen molar-refractivity contribution in [3.63, 3.8) is 0 Å². The molecule has 0 bridgehead atoms. The molecule has 0 aliphatic rings. The molecular weight excluding hydrogens is 282 g/mol. The van der Waals surface area contributed by atoms with Crippen molar-refractivity contribution in [2.24, 2.45) is 0 Å². The molecule has 0 heterocycles. The SMILES string of the molecule is CCCCCCCCCc1ccccc1Nc1ccc(O)cc1. The smallest absolute Gasteiger partial charge is 0.115 e. The Hall–Kier alpha value is -1.96. The molecule has 0 radical (unpaired) electrons. The topological polar surface area (TPSA) is 32.3 Å². The van der Waals surface area contributed by atoms with Gasteiger partial charge in [0, 0.05) is 11.4 Å². The van der Waals surface area contributed by atoms with Gasteiger partial charge in [0.1, 0.15) is 5.75 Å². The predicted molar refractivity (Wildman–Crippen MR) is 99.5 cm³/mol. The maximum atomic E-state index is 9.37. The lowest BCUT2D eigenvalue weighted by Crippen LogP contribution is -1.96. The van der Waals surface area contributed by atoms with E-state index in [9.17, 15) is 5.11 Å². The van der Waals surface area contributed by atoms with Crippen LogP contribution in [0.25, 0.3) is 0 Å². The number of para-hydroxylation sites is 1. The van der Waals surface area contributed by atoms with E-state index in [2.05, 4.69) is 36.5 Å². The Kier molecular flexibility index (Phi) is 7.51. The van der Waals surface area contributed by atoms with Gasteiger partial charge in [-0.2, -0.15) is 0 Å². The molecule has 0 atom stereocenters. The average Bonchev–Trinajstić information content (AvgIpc) is 2.57. The van der Waals surface area contributed by atoms with Gasteiger partial charge in [-0.1, -0.05) is 63.6 Å². The van der Waals surface area contributed by atoms with Crippen LogP contribution < -0.4 is 5.32 Å². The number of benzene rings is 2. The van der Waals surface area contributed by atoms with Crippen molar-refractivity contribution in [2.75, 3.05) is 5.32 Å². The summed E-state index contributed by atoms with van der Waals surface area (Å²) in [5.41, 5.74) is 3.55. The number of aryl methyl sites for hydroxylation is 1. The summed E-state index contributed by atoms with van der Waals surface area (Å²) in [5, 5.41) is 12.8. The maximum Gasteiger partial charge on any atom is 0.115 e. The van der Waals surface area contributed by atoms with Crippen molar-refractivity contribution < 1.29 is 5.11 Å². The molecule has 0 aromatic heterocycles. The summed E-state index contributed by atoms with van der Waals surface area (Å²) in [6, 6.07) is 15.7. The van der Waals surface area contributed by atoms with Crippen LogP contribution in [0.1, 0.15) is 57.4 Å². The summed E-state index contributed by atoms with van der Waals surface area (Å²) in [6.45, 7) is 2.26. The quantitative estimate of drug-likeness (QED) is 0.391. The van der Waals surface area contributed by atoms with E-state index in [1.54, 1.807) is 12.1 Å². The molecule has 0 saturated heterocycles. The number of hydrogen-bond donors (Lipinski definition) is 2. The fraction of sp³-hybridized carbons (Fsp3) is 0.429. The summed E-state index contributed by atoms with van der Waals surface area (Å²) in [4.78, 5) is 0. The van der Waals surface area contributed by atoms with Crippen molar-refractivity contribution in [3.05, 3.63) is 54.1 Å². The van der Waals surface area contributed by atoms with E-state index in [0.717, 1.165) is 12.1 Å². The third kappa shape index (κ3) is 6.35. The van der Waals surface area contributed by atoms with Gasteiger partial charge in [-0.3, -0.25) is 0 Å². The Morgan fingerprint density at radius 2 is 1.43 bits per heavy atom. The van der Waals surface area contributed by atoms with Crippen LogP contribution in [0.4, 0.5) is 11.4 Å². The van der Waals surface area contributed by atoms with Crippen LogP contribution in [0.5, 0.6) is 5.75 Å². The zero-order chi connectivity index (χ0) is 16.3. The highest BCUT2D eigenvalue weighted by Gasteiger charge is 2.02. The molecule has 124 valence electrons. The third-order valence-electron chi connectivity index (χ3n) is 4.21. The summed E-state index contributed by atoms with van der Waals surface area (Å²) in [5.74, 6) is 0.298. The van der Waals surface area contributed by atoms with Crippen LogP contribution >= 0.6 is 0 Å². The summed E-state index contributed by atoms with van der Waals surface area (Å²) >= 11 is 0. The number of phenols is 1. The fourth-order valence-electron chi connectivity index (χ4n) is 2.83. The van der Waals surface area contributed by atoms with Crippen LogP contribution in [0.3, 0.4) is 0 Å². The normalized spacial score (nSPS) is 10.7. The molecule has 0 fully saturated rings. The number of unbranched alkanes of at least 4 members (excludes halogenated alkanes) is 6. The Labute approximate surface area is 140 Å². The number of nitrogens with one attached hydrogen (secondary N) is 1. The summed E-state index contributed by atoms with van der Waals surface area (Å²) in [7, 11) is 0. The molecular formula is C21H29NO. The maximum absolute atomic E-state index is 9.37. The van der Waals surface area contributed by atoms with Crippen LogP contribution in [-0.4, -0.2) is 5.11 Å². The van der Waals surface area contributed by atoms with Gasteiger partial charge in [0.25, 0.3) is 0 Å². The van der Waals surface area contributed by atoms with Crippen LogP contribution in [0.2, 0.25) is 0 Å². The second kappa shape index (κ2) is 9.94. The first-order valence-corrected chi connectivity index (χ1v) is 8.93. The Morgan fingerprint density at radius 1 is 0.783 bits per heavy atom. The molecule has 2 nitrogen and oxygen atoms in total. The van der Waals surface area contributed by atoms with Crippen LogP contribution in [-0.2, 0) is 6.42 Å². The molecule has 0 spiro atoms. The van der Waals surface area contributed by atoms with E-state index in [1.165, 1.54) is 56.2 Å². The zero-order valence-corrected chi connectivity index (χ0v) is 14.2. The fourth-order valence-corrected chi connectivity index (χ4v) is 2.83. The molecule has 0 unspecified atom stereocenters. The molecule has 2 rings (SSSR count). The molecule has 2 N–H and O–H groups in total. The average molecular weight is 311 g/mol. The highest BCUT2D eigenvalue weighted by Crippen LogP contribution is 2.24. The van der Waals surface area contributed by atoms with Gasteiger partial charge >= 0.3 is 0 Å². The van der Waals surface area contributed by atoms with Gasteiger partial charge in [0.05, 0.1) is 0 Å². The second-order valence-corrected chi connectivity index (χ2v) is 6.20. The first-order valence-electron chi connectivity index (χ1n) is 8.93. The lowest BCUT2D eigenvalue weighted by atomic mass is 10.0. The van der Waals surface area contributed by atoms with E-state index in [-0.39, 0.29) is 0 Å². The minimum absolute atomic E-state index is 0.298. The van der Waals surface area contributed by atoms with Gasteiger partial charge in [0.15, 0.2) is 0 Å². The van der Waals surface area contributed by atoms with Gasteiger partial charge in [0.2, 0.25) is 0 Å². The molecule has 0 aliphatic carbocycles. The van der Waals surface area contributed by atoms with Crippen molar-refractivity contribution in [3.8, 4) is 5.75 Å². The van der Waals surface area contributed by atoms with Crippen molar-refractivity contribution >= 4 is 11.4 Å². The Balaban J connectivity index is 1.81. The Morgan fingerprint density at radius 3 is 2.17 bits per heavy atom. The minimum Gasteiger partial charge on any atom is -0.508 e. The minimum atomic E-state index is 0.298. The van der Waals surface area contributed by atoms with E-state index in [4.69, 9.17) is 0 Å². The molecule has 0 amide bonds. The number of phenolic OH excluding ortho intramolecular Hbond substituents is 1. The largest absolute Gasteiger partial charge is 0.508 e. The standard InChI is InChI=1S/C21H29NO/c1-2-3-4-5-6-7-8-11-18-12-9-10-13-21(18)22-19-14-16-20(23)17-15-19/h9-10,12-17,22-23H,2-8,11H2,1H3. The van der Waals surface area contributed by atoms with E-state index in [1.807, 2.05) is 12.1 Å². The molecule has 23 heavy (non-hydrogen) atoms. The highest BCUT2D eigenvalue weighted by molar-refractivity contribution is 5.63. The van der Waals surface area contributed by atoms with E-state index < -0.39 is 0 Å². The monoisotopic (exact) mass is 311 g/mol. The summed E-state index contributed by atoms with van der Waals surface area (Å²) in [6.07, 6.45) is 10.5. The lowest BCUT2D eigenvalue weighted by Gasteiger charge is -2.12. The first kappa shape index (κ1) is 17.4. The van der Waals surface area contributed by atoms with Crippen LogP contribution in [0, 0.1) is 0 Å². The zero-order valence-electron chi connectivity index (χ0n) is 14.2. The summed E-state index contributed by atoms with van der Waals surface area (Å²) < 4.78 is 0. The van der Waals surface area contributed by atoms with Gasteiger partial charge in [-0.05, 0) is 48.7 Å². The number of rotatable bonds is 10. The second-order valence-electron chi connectivity index (χ2n) is 6.20. The van der Waals surface area contributed by atoms with Gasteiger partial charge in [-0.25, -0.2) is 0 Å². The molecule has 2 heteroatoms. The molecule has 2 aromatic carbocycles. The van der Waals surface area contributed by atoms with Gasteiger partial charge < -0.3 is 10.4 Å². The van der Waals surface area contributed by atoms with Crippen molar-refractivity contribution in [2.45, 2.75) is 58.3 Å². The van der Waals surface area contributed by atoms with Crippen molar-refractivity contribution in [1.29, 1.82) is 0 Å². The molecule has 2 aromatic rings. The van der Waals surface area contributed by atoms with Gasteiger partial charge in [-0.15, -0.1) is 0 Å². The lowest BCUT2D eigenvalue weighted by molar-refractivity contribution is 0.475. The Bertz CT molecular complexity index is 562. The number of anilines is 2. The molecule has 0 aliphatic heterocycles. The highest BCUT2D eigenvalue weighted by atomic mass is 16.3. The number of aromatic hydroxyl groups is 1. The number of hydrogen-bond acceptors (Lipinski definition) is 2. The van der Waals surface area contributed by atoms with E-state index >= 15 is 0 Å². The predicted octanol–water partition coefficient (Wildman–Crippen LogP) is 6.43. The van der Waals surface area contributed by atoms with Crippen molar-refractivity contribution in [1.82, 2.24) is 0 Å². The first-order chi connectivity index (χ1) is 11.3. The van der Waals surface area contributed by atoms with Crippen LogP contribution in [0.15, 0.2) is 48.5 Å².